The number of halogens is 6. The van der Waals surface area contributed by atoms with Gasteiger partial charge in [0.15, 0.2) is 5.69 Å². The van der Waals surface area contributed by atoms with Crippen LogP contribution in [0.25, 0.3) is 5.69 Å². The van der Waals surface area contributed by atoms with E-state index in [0.29, 0.717) is 22.8 Å². The van der Waals surface area contributed by atoms with Gasteiger partial charge in [-0.3, -0.25) is 9.59 Å². The summed E-state index contributed by atoms with van der Waals surface area (Å²) in [6.45, 7) is 1.73. The van der Waals surface area contributed by atoms with Gasteiger partial charge in [0.05, 0.1) is 25.9 Å². The lowest BCUT2D eigenvalue weighted by molar-refractivity contribution is -0.192. The normalized spacial score (nSPS) is 13.8. The number of methoxy groups -OCH3 is 1. The van der Waals surface area contributed by atoms with Crippen LogP contribution in [0.2, 0.25) is 0 Å². The molecular weight excluding hydrogens is 616 g/mol. The third kappa shape index (κ3) is 8.30. The average molecular weight is 646 g/mol. The number of hydrogen-bond donors (Lipinski definition) is 3. The molecule has 1 aliphatic heterocycles. The Morgan fingerprint density at radius 1 is 1.04 bits per heavy atom. The first-order valence-electron chi connectivity index (χ1n) is 13.2. The predicted molar refractivity (Wildman–Crippen MR) is 149 cm³/mol. The van der Waals surface area contributed by atoms with E-state index in [4.69, 9.17) is 19.7 Å². The minimum Gasteiger partial charge on any atom is -0.497 e. The molecule has 0 fully saturated rings. The fraction of sp³-hybridized carbons (Fsp3) is 0.357. The van der Waals surface area contributed by atoms with Crippen LogP contribution in [0.4, 0.5) is 37.7 Å². The van der Waals surface area contributed by atoms with Crippen LogP contribution in [-0.2, 0) is 22.2 Å². The van der Waals surface area contributed by atoms with Gasteiger partial charge in [-0.2, -0.15) is 31.4 Å². The van der Waals surface area contributed by atoms with Crippen molar-refractivity contribution in [1.82, 2.24) is 15.1 Å². The van der Waals surface area contributed by atoms with Crippen LogP contribution in [0, 0.1) is 0 Å². The molecule has 0 radical (unpaired) electrons. The van der Waals surface area contributed by atoms with Gasteiger partial charge < -0.3 is 30.1 Å². The highest BCUT2D eigenvalue weighted by atomic mass is 19.4. The average Bonchev–Trinajstić information content (AvgIpc) is 3.41. The quantitative estimate of drug-likeness (QED) is 0.316. The molecule has 1 aliphatic rings. The molecule has 1 aromatic heterocycles. The number of amides is 2. The topological polar surface area (TPSA) is 137 Å². The van der Waals surface area contributed by atoms with Crippen LogP contribution in [0.15, 0.2) is 48.5 Å². The number of benzene rings is 2. The van der Waals surface area contributed by atoms with E-state index >= 15 is 0 Å². The third-order valence-corrected chi connectivity index (χ3v) is 6.64. The number of aliphatic hydroxyl groups excluding tert-OH is 1. The number of alkyl halides is 6. The molecule has 2 amide bonds. The summed E-state index contributed by atoms with van der Waals surface area (Å²) in [4.78, 5) is 37.7. The van der Waals surface area contributed by atoms with E-state index in [0.717, 1.165) is 4.68 Å². The molecule has 0 unspecified atom stereocenters. The number of carboxylic acids is 1. The van der Waals surface area contributed by atoms with Crippen molar-refractivity contribution in [3.05, 3.63) is 65.5 Å². The van der Waals surface area contributed by atoms with Crippen molar-refractivity contribution in [2.24, 2.45) is 0 Å². The Kier molecular flexibility index (Phi) is 10.8. The molecule has 3 N–H and O–H groups in total. The Balaban J connectivity index is 0.000000707. The van der Waals surface area contributed by atoms with Gasteiger partial charge >= 0.3 is 18.3 Å². The molecule has 2 aromatic carbocycles. The lowest BCUT2D eigenvalue weighted by Gasteiger charge is -2.28. The molecule has 4 rings (SSSR count). The van der Waals surface area contributed by atoms with Crippen LogP contribution in [-0.4, -0.2) is 83.8 Å². The van der Waals surface area contributed by atoms with Crippen molar-refractivity contribution in [3.8, 4) is 11.4 Å². The monoisotopic (exact) mass is 645 g/mol. The van der Waals surface area contributed by atoms with Crippen molar-refractivity contribution >= 4 is 29.2 Å². The zero-order valence-corrected chi connectivity index (χ0v) is 24.1. The van der Waals surface area contributed by atoms with Gasteiger partial charge in [-0.25, -0.2) is 9.48 Å². The number of anilines is 2. The summed E-state index contributed by atoms with van der Waals surface area (Å²) >= 11 is 0. The largest absolute Gasteiger partial charge is 0.497 e. The van der Waals surface area contributed by atoms with Gasteiger partial charge in [0.2, 0.25) is 5.91 Å². The fourth-order valence-electron chi connectivity index (χ4n) is 4.19. The first-order chi connectivity index (χ1) is 21.0. The summed E-state index contributed by atoms with van der Waals surface area (Å²) in [7, 11) is 3.08. The Labute approximate surface area is 252 Å². The zero-order chi connectivity index (χ0) is 33.7. The van der Waals surface area contributed by atoms with Crippen molar-refractivity contribution in [2.45, 2.75) is 31.7 Å². The molecule has 0 saturated carbocycles. The number of hydrogen-bond acceptors (Lipinski definition) is 7. The van der Waals surface area contributed by atoms with Crippen LogP contribution < -0.4 is 19.9 Å². The van der Waals surface area contributed by atoms with Crippen molar-refractivity contribution < 1.29 is 55.7 Å². The van der Waals surface area contributed by atoms with Crippen molar-refractivity contribution in [3.63, 3.8) is 0 Å². The number of nitrogens with zero attached hydrogens (tertiary/aromatic N) is 4. The first kappa shape index (κ1) is 34.8. The summed E-state index contributed by atoms with van der Waals surface area (Å²) in [6.07, 6.45) is -9.83. The van der Waals surface area contributed by atoms with Crippen molar-refractivity contribution in [2.75, 3.05) is 43.7 Å². The number of aromatic nitrogens is 2. The Morgan fingerprint density at radius 3 is 2.09 bits per heavy atom. The minimum absolute atomic E-state index is 0.0269. The number of carbonyl (C=O) groups excluding carboxylic acids is 2. The number of nitrogens with one attached hydrogen (secondary N) is 1. The van der Waals surface area contributed by atoms with E-state index in [9.17, 15) is 35.9 Å². The van der Waals surface area contributed by atoms with Gasteiger partial charge in [0, 0.05) is 36.6 Å². The Hall–Kier alpha value is -4.64. The van der Waals surface area contributed by atoms with Crippen LogP contribution >= 0.6 is 0 Å². The maximum absolute atomic E-state index is 13.8. The number of likely N-dealkylation sites (N-methyl/N-ethyl adjacent to an activating group) is 1. The number of aliphatic hydroxyl groups is 1. The molecule has 0 spiro atoms. The summed E-state index contributed by atoms with van der Waals surface area (Å²) in [6, 6.07) is 12.6. The molecule has 2 heterocycles. The summed E-state index contributed by atoms with van der Waals surface area (Å²) in [5, 5.41) is 22.9. The van der Waals surface area contributed by atoms with Gasteiger partial charge in [-0.1, -0.05) is 0 Å². The SMILES string of the molecule is COc1ccc(-n2nc(C(F)(F)F)c3c2C(=O)N(c2ccc(N(C)C(=O)CN[C@H](C)CO)cc2)CC3)cc1.O=C(O)C(F)(F)F. The summed E-state index contributed by atoms with van der Waals surface area (Å²) in [5.74, 6) is -3.07. The molecule has 3 aromatic rings. The maximum Gasteiger partial charge on any atom is 0.490 e. The number of carbonyl (C=O) groups is 3. The molecule has 0 saturated heterocycles. The highest BCUT2D eigenvalue weighted by molar-refractivity contribution is 6.08. The highest BCUT2D eigenvalue weighted by Gasteiger charge is 2.43. The molecule has 0 bridgehead atoms. The number of rotatable bonds is 8. The number of fused-ring (bicyclic) bond motifs is 1. The van der Waals surface area contributed by atoms with E-state index in [1.807, 2.05) is 0 Å². The number of carboxylic acid groups (broad SMARTS) is 1. The van der Waals surface area contributed by atoms with Gasteiger partial charge in [-0.05, 0) is 61.9 Å². The van der Waals surface area contributed by atoms with E-state index in [1.165, 1.54) is 29.0 Å². The maximum atomic E-state index is 13.8. The van der Waals surface area contributed by atoms with Gasteiger partial charge in [0.25, 0.3) is 5.91 Å². The second-order valence-electron chi connectivity index (χ2n) is 9.73. The van der Waals surface area contributed by atoms with Crippen LogP contribution in [0.1, 0.15) is 28.7 Å². The number of aliphatic carboxylic acids is 1. The standard InChI is InChI=1S/C26H28F3N5O4.C2HF3O2/c1-16(15-35)30-14-22(36)32(2)17-4-6-18(7-5-17)33-13-12-21-23(25(33)37)34(31-24(21)26(27,28)29)19-8-10-20(38-3)11-9-19;3-2(4,5)1(6)7/h4-11,16,30,35H,12-15H2,1-3H3;(H,6,7)/t16-;/m1./s1. The van der Waals surface area contributed by atoms with Gasteiger partial charge in [0.1, 0.15) is 11.4 Å². The molecule has 0 aliphatic carbocycles. The fourth-order valence-corrected chi connectivity index (χ4v) is 4.19. The minimum atomic E-state index is -5.08. The molecule has 244 valence electrons. The summed E-state index contributed by atoms with van der Waals surface area (Å²) < 4.78 is 79.3. The lowest BCUT2D eigenvalue weighted by atomic mass is 10.0. The molecule has 11 nitrogen and oxygen atoms in total. The van der Waals surface area contributed by atoms with Crippen LogP contribution in [0.3, 0.4) is 0 Å². The molecular formula is C28H29F6N5O6. The zero-order valence-electron chi connectivity index (χ0n) is 24.1. The second-order valence-corrected chi connectivity index (χ2v) is 9.73. The molecule has 17 heteroatoms. The van der Waals surface area contributed by atoms with Crippen molar-refractivity contribution in [1.29, 1.82) is 0 Å². The van der Waals surface area contributed by atoms with E-state index in [2.05, 4.69) is 10.4 Å². The Bertz CT molecular complexity index is 1510. The van der Waals surface area contributed by atoms with Crippen LogP contribution in [0.5, 0.6) is 5.75 Å². The second kappa shape index (κ2) is 14.0. The van der Waals surface area contributed by atoms with E-state index in [1.54, 1.807) is 50.4 Å². The first-order valence-corrected chi connectivity index (χ1v) is 13.2. The Morgan fingerprint density at radius 2 is 1.60 bits per heavy atom. The van der Waals surface area contributed by atoms with E-state index < -0.39 is 29.9 Å². The summed E-state index contributed by atoms with van der Waals surface area (Å²) in [5.41, 5.74) is -0.00287. The van der Waals surface area contributed by atoms with E-state index in [-0.39, 0.29) is 49.3 Å². The predicted octanol–water partition coefficient (Wildman–Crippen LogP) is 3.67. The number of ether oxygens (including phenoxy) is 1. The highest BCUT2D eigenvalue weighted by Crippen LogP contribution is 2.37. The van der Waals surface area contributed by atoms with Gasteiger partial charge in [-0.15, -0.1) is 0 Å². The third-order valence-electron chi connectivity index (χ3n) is 6.64. The lowest BCUT2D eigenvalue weighted by Crippen LogP contribution is -2.40. The molecule has 45 heavy (non-hydrogen) atoms. The molecule has 1 atom stereocenters. The smallest absolute Gasteiger partial charge is 0.490 e.